The molecular formula is C31H37N5O3S. The number of carbonyl (C=O) groups excluding carboxylic acids is 1. The second kappa shape index (κ2) is 15.8. The zero-order valence-corrected chi connectivity index (χ0v) is 24.0. The molecule has 0 spiro atoms. The van der Waals surface area contributed by atoms with Crippen LogP contribution in [-0.2, 0) is 17.7 Å². The number of ether oxygens (including phenoxy) is 2. The fourth-order valence-electron chi connectivity index (χ4n) is 4.36. The summed E-state index contributed by atoms with van der Waals surface area (Å²) in [6.45, 7) is 5.76. The van der Waals surface area contributed by atoms with Gasteiger partial charge in [0.2, 0.25) is 5.95 Å². The predicted molar refractivity (Wildman–Crippen MR) is 162 cm³/mol. The van der Waals surface area contributed by atoms with Crippen LogP contribution < -0.4 is 15.4 Å². The van der Waals surface area contributed by atoms with Gasteiger partial charge in [-0.3, -0.25) is 9.69 Å². The number of anilines is 2. The summed E-state index contributed by atoms with van der Waals surface area (Å²) in [6.07, 6.45) is 4.76. The average Bonchev–Trinajstić information content (AvgIpc) is 3.49. The minimum Gasteiger partial charge on any atom is -0.497 e. The lowest BCUT2D eigenvalue weighted by Crippen LogP contribution is -2.36. The number of rotatable bonds is 11. The van der Waals surface area contributed by atoms with E-state index in [-0.39, 0.29) is 0 Å². The maximum Gasteiger partial charge on any atom is 0.227 e. The van der Waals surface area contributed by atoms with E-state index in [4.69, 9.17) is 9.47 Å². The number of aromatic nitrogens is 2. The number of thiophene rings is 1. The van der Waals surface area contributed by atoms with E-state index in [0.717, 1.165) is 80.5 Å². The van der Waals surface area contributed by atoms with E-state index in [1.807, 2.05) is 49.5 Å². The first kappa shape index (κ1) is 29.4. The Hall–Kier alpha value is -3.63. The Morgan fingerprint density at radius 3 is 2.65 bits per heavy atom. The Morgan fingerprint density at radius 2 is 1.88 bits per heavy atom. The molecule has 40 heavy (non-hydrogen) atoms. The molecule has 2 aromatic carbocycles. The van der Waals surface area contributed by atoms with Crippen LogP contribution in [0.3, 0.4) is 0 Å². The van der Waals surface area contributed by atoms with E-state index < -0.39 is 0 Å². The Bertz CT molecular complexity index is 1340. The lowest BCUT2D eigenvalue weighted by molar-refractivity contribution is 0.0375. The van der Waals surface area contributed by atoms with Crippen LogP contribution in [0.4, 0.5) is 11.6 Å². The van der Waals surface area contributed by atoms with Crippen LogP contribution in [0, 0.1) is 0 Å². The largest absolute Gasteiger partial charge is 0.497 e. The van der Waals surface area contributed by atoms with Gasteiger partial charge in [-0.15, -0.1) is 11.3 Å². The molecule has 9 heteroatoms. The molecule has 1 aliphatic heterocycles. The van der Waals surface area contributed by atoms with Crippen molar-refractivity contribution in [2.24, 2.45) is 0 Å². The van der Waals surface area contributed by atoms with Gasteiger partial charge in [-0.2, -0.15) is 0 Å². The number of hydrogen-bond donors (Lipinski definition) is 2. The zero-order valence-electron chi connectivity index (χ0n) is 23.1. The topological polar surface area (TPSA) is 88.6 Å². The molecule has 0 amide bonds. The van der Waals surface area contributed by atoms with E-state index in [2.05, 4.69) is 49.8 Å². The number of nitrogens with one attached hydrogen (secondary N) is 2. The second-order valence-electron chi connectivity index (χ2n) is 9.35. The monoisotopic (exact) mass is 559 g/mol. The maximum atomic E-state index is 10.9. The quantitative estimate of drug-likeness (QED) is 0.235. The van der Waals surface area contributed by atoms with Crippen LogP contribution in [0.5, 0.6) is 5.75 Å². The van der Waals surface area contributed by atoms with Gasteiger partial charge in [-0.1, -0.05) is 24.3 Å². The van der Waals surface area contributed by atoms with Gasteiger partial charge < -0.3 is 20.1 Å². The number of morpholine rings is 1. The molecule has 5 rings (SSSR count). The van der Waals surface area contributed by atoms with Crippen molar-refractivity contribution in [1.29, 1.82) is 0 Å². The molecule has 0 aliphatic carbocycles. The molecule has 1 saturated heterocycles. The third kappa shape index (κ3) is 9.24. The molecule has 4 aromatic rings. The maximum absolute atomic E-state index is 10.9. The fourth-order valence-corrected chi connectivity index (χ4v) is 5.15. The van der Waals surface area contributed by atoms with Gasteiger partial charge in [0.15, 0.2) is 6.29 Å². The Balaban J connectivity index is 0.000000283. The Labute approximate surface area is 240 Å². The summed E-state index contributed by atoms with van der Waals surface area (Å²) >= 11 is 1.43. The third-order valence-electron chi connectivity index (χ3n) is 6.39. The lowest BCUT2D eigenvalue weighted by Gasteiger charge is -2.26. The Morgan fingerprint density at radius 1 is 1.05 bits per heavy atom. The second-order valence-corrected chi connectivity index (χ2v) is 10.5. The van der Waals surface area contributed by atoms with Gasteiger partial charge in [0.1, 0.15) is 5.75 Å². The molecule has 0 atom stereocenters. The summed E-state index contributed by atoms with van der Waals surface area (Å²) in [6, 6.07) is 22.0. The molecular weight excluding hydrogens is 522 g/mol. The van der Waals surface area contributed by atoms with Crippen LogP contribution in [0.25, 0.3) is 10.6 Å². The van der Waals surface area contributed by atoms with Crippen molar-refractivity contribution in [3.63, 3.8) is 0 Å². The normalized spacial score (nSPS) is 13.2. The fraction of sp³-hybridized carbons (Fsp3) is 0.323. The van der Waals surface area contributed by atoms with E-state index in [9.17, 15) is 4.79 Å². The highest BCUT2D eigenvalue weighted by molar-refractivity contribution is 7.17. The van der Waals surface area contributed by atoms with Crippen molar-refractivity contribution in [2.45, 2.75) is 19.4 Å². The standard InChI is InChI=1S/C22H24N4O2S.C9H13NO/c27-16-19-6-7-21(29-19)20-8-9-23-22(25-20)24-18-5-1-3-17(15-18)4-2-10-26-11-13-28-14-12-26;1-10-7-8-4-3-5-9(6-8)11-2/h1,3,5-9,15-16H,2,4,10-14H2,(H,23,24,25);3-6,10H,7H2,1-2H3. The van der Waals surface area contributed by atoms with E-state index in [0.29, 0.717) is 10.8 Å². The van der Waals surface area contributed by atoms with Gasteiger partial charge in [-0.25, -0.2) is 9.97 Å². The van der Waals surface area contributed by atoms with Gasteiger partial charge in [0.05, 0.1) is 35.8 Å². The lowest BCUT2D eigenvalue weighted by atomic mass is 10.1. The van der Waals surface area contributed by atoms with Crippen molar-refractivity contribution < 1.29 is 14.3 Å². The molecule has 8 nitrogen and oxygen atoms in total. The summed E-state index contributed by atoms with van der Waals surface area (Å²) in [7, 11) is 3.61. The van der Waals surface area contributed by atoms with Crippen molar-refractivity contribution in [3.05, 3.63) is 88.9 Å². The van der Waals surface area contributed by atoms with Crippen molar-refractivity contribution in [3.8, 4) is 16.3 Å². The summed E-state index contributed by atoms with van der Waals surface area (Å²) in [5.41, 5.74) is 4.33. The average molecular weight is 560 g/mol. The highest BCUT2D eigenvalue weighted by atomic mass is 32.1. The summed E-state index contributed by atoms with van der Waals surface area (Å²) in [4.78, 5) is 23.9. The van der Waals surface area contributed by atoms with Gasteiger partial charge in [0.25, 0.3) is 0 Å². The number of aldehydes is 1. The SMILES string of the molecule is CNCc1cccc(OC)c1.O=Cc1ccc(-c2ccnc(Nc3cccc(CCCN4CCOCC4)c3)n2)s1. The first-order valence-corrected chi connectivity index (χ1v) is 14.3. The van der Waals surface area contributed by atoms with Crippen molar-refractivity contribution >= 4 is 29.3 Å². The highest BCUT2D eigenvalue weighted by Crippen LogP contribution is 2.26. The molecule has 0 saturated carbocycles. The summed E-state index contributed by atoms with van der Waals surface area (Å²) < 4.78 is 10.5. The zero-order chi connectivity index (χ0) is 28.0. The van der Waals surface area contributed by atoms with Crippen LogP contribution in [-0.4, -0.2) is 68.2 Å². The van der Waals surface area contributed by atoms with Gasteiger partial charge >= 0.3 is 0 Å². The first-order valence-electron chi connectivity index (χ1n) is 13.5. The number of methoxy groups -OCH3 is 1. The molecule has 2 N–H and O–H groups in total. The smallest absolute Gasteiger partial charge is 0.227 e. The molecule has 1 aliphatic rings. The highest BCUT2D eigenvalue weighted by Gasteiger charge is 2.10. The summed E-state index contributed by atoms with van der Waals surface area (Å²) in [5, 5.41) is 6.38. The van der Waals surface area contributed by atoms with E-state index in [1.54, 1.807) is 13.3 Å². The summed E-state index contributed by atoms with van der Waals surface area (Å²) in [5.74, 6) is 1.46. The minimum absolute atomic E-state index is 0.550. The predicted octanol–water partition coefficient (Wildman–Crippen LogP) is 5.44. The van der Waals surface area contributed by atoms with Crippen LogP contribution >= 0.6 is 11.3 Å². The van der Waals surface area contributed by atoms with Crippen LogP contribution in [0.1, 0.15) is 27.2 Å². The van der Waals surface area contributed by atoms with Crippen LogP contribution in [0.2, 0.25) is 0 Å². The molecule has 0 bridgehead atoms. The molecule has 0 radical (unpaired) electrons. The molecule has 1 fully saturated rings. The Kier molecular flexibility index (Phi) is 11.6. The van der Waals surface area contributed by atoms with Gasteiger partial charge in [-0.05, 0) is 80.0 Å². The van der Waals surface area contributed by atoms with E-state index >= 15 is 0 Å². The van der Waals surface area contributed by atoms with Gasteiger partial charge in [0, 0.05) is 31.5 Å². The van der Waals surface area contributed by atoms with Crippen molar-refractivity contribution in [1.82, 2.24) is 20.2 Å². The third-order valence-corrected chi connectivity index (χ3v) is 7.43. The van der Waals surface area contributed by atoms with Crippen molar-refractivity contribution in [2.75, 3.05) is 52.3 Å². The first-order chi connectivity index (χ1) is 19.7. The minimum atomic E-state index is 0.550. The molecule has 2 aromatic heterocycles. The number of hydrogen-bond acceptors (Lipinski definition) is 9. The van der Waals surface area contributed by atoms with Crippen LogP contribution in [0.15, 0.2) is 72.9 Å². The number of aryl methyl sites for hydroxylation is 1. The van der Waals surface area contributed by atoms with E-state index in [1.165, 1.54) is 22.5 Å². The molecule has 3 heterocycles. The number of nitrogens with zero attached hydrogens (tertiary/aromatic N) is 3. The number of benzene rings is 2. The molecule has 0 unspecified atom stereocenters. The molecule has 210 valence electrons. The number of carbonyl (C=O) groups is 1.